The van der Waals surface area contributed by atoms with Gasteiger partial charge >= 0.3 is 0 Å². The molecular formula is C21H32FN3O3. The Bertz CT molecular complexity index is 717. The molecule has 28 heavy (non-hydrogen) atoms. The molecule has 0 aromatic heterocycles. The average Bonchev–Trinajstić information content (AvgIpc) is 2.60. The van der Waals surface area contributed by atoms with Crippen LogP contribution in [-0.4, -0.2) is 64.0 Å². The van der Waals surface area contributed by atoms with E-state index < -0.39 is 11.4 Å². The first-order valence-electron chi connectivity index (χ1n) is 9.90. The van der Waals surface area contributed by atoms with Gasteiger partial charge in [0.15, 0.2) is 0 Å². The minimum absolute atomic E-state index is 0.0320. The zero-order valence-corrected chi connectivity index (χ0v) is 17.5. The van der Waals surface area contributed by atoms with Crippen molar-refractivity contribution in [3.63, 3.8) is 0 Å². The Balaban J connectivity index is 2.28. The van der Waals surface area contributed by atoms with Crippen LogP contribution in [0, 0.1) is 5.82 Å². The van der Waals surface area contributed by atoms with Crippen LogP contribution in [0.3, 0.4) is 0 Å². The molecule has 6 nitrogen and oxygen atoms in total. The highest BCUT2D eigenvalue weighted by Gasteiger charge is 2.37. The van der Waals surface area contributed by atoms with E-state index in [4.69, 9.17) is 0 Å². The second-order valence-electron chi connectivity index (χ2n) is 8.20. The molecule has 0 bridgehead atoms. The van der Waals surface area contributed by atoms with Gasteiger partial charge in [0.2, 0.25) is 5.91 Å². The smallest absolute Gasteiger partial charge is 0.257 e. The zero-order valence-electron chi connectivity index (χ0n) is 17.5. The number of β-amino-alcohol motifs (C(OH)–C–C–N with tert-alkyl or cyclic N) is 1. The van der Waals surface area contributed by atoms with Gasteiger partial charge in [-0.05, 0) is 44.9 Å². The fourth-order valence-electron chi connectivity index (χ4n) is 3.81. The van der Waals surface area contributed by atoms with Gasteiger partial charge < -0.3 is 15.3 Å². The number of aliphatic hydroxyl groups is 1. The highest BCUT2D eigenvalue weighted by Crippen LogP contribution is 2.25. The SMILES string of the molecule is CC[C@H]1CN(C(=O)c2cc(NC(C)=O)ccc2F)[C@@H](CC)CN1CC(C)(C)O. The molecule has 0 saturated carbocycles. The molecule has 2 N–H and O–H groups in total. The molecule has 156 valence electrons. The molecule has 0 aliphatic carbocycles. The first-order valence-corrected chi connectivity index (χ1v) is 9.90. The van der Waals surface area contributed by atoms with Gasteiger partial charge in [-0.1, -0.05) is 13.8 Å². The predicted molar refractivity (Wildman–Crippen MR) is 108 cm³/mol. The lowest BCUT2D eigenvalue weighted by molar-refractivity contribution is -0.114. The molecule has 0 radical (unpaired) electrons. The second kappa shape index (κ2) is 9.01. The number of carbonyl (C=O) groups excluding carboxylic acids is 2. The van der Waals surface area contributed by atoms with Crippen LogP contribution in [0.1, 0.15) is 57.8 Å². The number of carbonyl (C=O) groups is 2. The summed E-state index contributed by atoms with van der Waals surface area (Å²) in [6.45, 7) is 10.6. The van der Waals surface area contributed by atoms with Crippen LogP contribution >= 0.6 is 0 Å². The third-order valence-corrected chi connectivity index (χ3v) is 5.12. The summed E-state index contributed by atoms with van der Waals surface area (Å²) in [7, 11) is 0. The predicted octanol–water partition coefficient (Wildman–Crippen LogP) is 2.87. The Morgan fingerprint density at radius 2 is 1.86 bits per heavy atom. The number of hydrogen-bond donors (Lipinski definition) is 2. The summed E-state index contributed by atoms with van der Waals surface area (Å²) < 4.78 is 14.4. The van der Waals surface area contributed by atoms with Crippen LogP contribution in [0.15, 0.2) is 18.2 Å². The normalized spacial score (nSPS) is 20.9. The number of anilines is 1. The van der Waals surface area contributed by atoms with Gasteiger partial charge in [0, 0.05) is 44.3 Å². The number of nitrogens with zero attached hydrogens (tertiary/aromatic N) is 2. The van der Waals surface area contributed by atoms with Crippen LogP contribution in [0.4, 0.5) is 10.1 Å². The van der Waals surface area contributed by atoms with Crippen LogP contribution < -0.4 is 5.32 Å². The van der Waals surface area contributed by atoms with E-state index in [9.17, 15) is 19.1 Å². The molecule has 1 heterocycles. The first-order chi connectivity index (χ1) is 13.1. The topological polar surface area (TPSA) is 72.9 Å². The van der Waals surface area contributed by atoms with Crippen LogP contribution in [0.5, 0.6) is 0 Å². The summed E-state index contributed by atoms with van der Waals surface area (Å²) in [6, 6.07) is 4.08. The standard InChI is InChI=1S/C21H32FN3O3/c1-6-16-12-25(17(7-2)11-24(16)13-21(4,5)28)20(27)18-10-15(23-14(3)26)8-9-19(18)22/h8-10,16-17,28H,6-7,11-13H2,1-5H3,(H,23,26)/t16-,17-/m0/s1. The van der Waals surface area contributed by atoms with Crippen molar-refractivity contribution in [2.24, 2.45) is 0 Å². The summed E-state index contributed by atoms with van der Waals surface area (Å²) in [5.74, 6) is -1.23. The van der Waals surface area contributed by atoms with Crippen LogP contribution in [0.2, 0.25) is 0 Å². The zero-order chi connectivity index (χ0) is 21.1. The summed E-state index contributed by atoms with van der Waals surface area (Å²) in [4.78, 5) is 28.4. The van der Waals surface area contributed by atoms with E-state index in [0.717, 1.165) is 12.8 Å². The fraction of sp³-hybridized carbons (Fsp3) is 0.619. The lowest BCUT2D eigenvalue weighted by atomic mass is 9.98. The number of benzene rings is 1. The molecule has 0 unspecified atom stereocenters. The minimum Gasteiger partial charge on any atom is -0.389 e. The van der Waals surface area contributed by atoms with Crippen LogP contribution in [-0.2, 0) is 4.79 Å². The summed E-state index contributed by atoms with van der Waals surface area (Å²) >= 11 is 0. The van der Waals surface area contributed by atoms with Crippen molar-refractivity contribution < 1.29 is 19.1 Å². The van der Waals surface area contributed by atoms with E-state index in [1.165, 1.54) is 25.1 Å². The maximum absolute atomic E-state index is 14.4. The summed E-state index contributed by atoms with van der Waals surface area (Å²) in [6.07, 6.45) is 1.56. The fourth-order valence-corrected chi connectivity index (χ4v) is 3.81. The Hall–Kier alpha value is -1.99. The summed E-state index contributed by atoms with van der Waals surface area (Å²) in [5.41, 5.74) is -0.454. The van der Waals surface area contributed by atoms with E-state index in [2.05, 4.69) is 17.1 Å². The molecule has 0 spiro atoms. The Labute approximate surface area is 166 Å². The number of amides is 2. The molecule has 1 fully saturated rings. The maximum Gasteiger partial charge on any atom is 0.257 e. The second-order valence-corrected chi connectivity index (χ2v) is 8.20. The lowest BCUT2D eigenvalue weighted by Crippen LogP contribution is -2.61. The minimum atomic E-state index is -0.823. The first kappa shape index (κ1) is 22.3. The highest BCUT2D eigenvalue weighted by molar-refractivity contribution is 5.97. The molecule has 2 atom stereocenters. The third kappa shape index (κ3) is 5.52. The summed E-state index contributed by atoms with van der Waals surface area (Å²) in [5, 5.41) is 12.8. The number of hydrogen-bond acceptors (Lipinski definition) is 4. The molecule has 1 aliphatic rings. The van der Waals surface area contributed by atoms with Gasteiger partial charge in [0.1, 0.15) is 5.82 Å². The van der Waals surface area contributed by atoms with Crippen molar-refractivity contribution in [3.05, 3.63) is 29.6 Å². The van der Waals surface area contributed by atoms with Gasteiger partial charge in [-0.2, -0.15) is 0 Å². The van der Waals surface area contributed by atoms with Gasteiger partial charge in [0.05, 0.1) is 11.2 Å². The Morgan fingerprint density at radius 3 is 2.39 bits per heavy atom. The van der Waals surface area contributed by atoms with Crippen molar-refractivity contribution >= 4 is 17.5 Å². The Kier molecular flexibility index (Phi) is 7.17. The molecule has 1 aromatic rings. The molecule has 2 amide bonds. The van der Waals surface area contributed by atoms with Crippen molar-refractivity contribution in [1.29, 1.82) is 0 Å². The van der Waals surface area contributed by atoms with Crippen molar-refractivity contribution in [2.45, 2.75) is 65.1 Å². The lowest BCUT2D eigenvalue weighted by Gasteiger charge is -2.47. The van der Waals surface area contributed by atoms with Crippen LogP contribution in [0.25, 0.3) is 0 Å². The van der Waals surface area contributed by atoms with E-state index in [-0.39, 0.29) is 29.5 Å². The van der Waals surface area contributed by atoms with Crippen molar-refractivity contribution in [2.75, 3.05) is 25.0 Å². The number of halogens is 1. The molecule has 1 aliphatic heterocycles. The largest absolute Gasteiger partial charge is 0.389 e. The molecule has 1 saturated heterocycles. The third-order valence-electron chi connectivity index (χ3n) is 5.12. The van der Waals surface area contributed by atoms with Gasteiger partial charge in [-0.3, -0.25) is 14.5 Å². The highest BCUT2D eigenvalue weighted by atomic mass is 19.1. The van der Waals surface area contributed by atoms with E-state index in [1.54, 1.807) is 18.7 Å². The number of nitrogens with one attached hydrogen (secondary N) is 1. The quantitative estimate of drug-likeness (QED) is 0.780. The monoisotopic (exact) mass is 393 g/mol. The van der Waals surface area contributed by atoms with E-state index >= 15 is 0 Å². The van der Waals surface area contributed by atoms with E-state index in [0.29, 0.717) is 25.3 Å². The van der Waals surface area contributed by atoms with Gasteiger partial charge in [0.25, 0.3) is 5.91 Å². The number of piperazine rings is 1. The molecule has 2 rings (SSSR count). The molecular weight excluding hydrogens is 361 g/mol. The average molecular weight is 394 g/mol. The van der Waals surface area contributed by atoms with Gasteiger partial charge in [-0.15, -0.1) is 0 Å². The Morgan fingerprint density at radius 1 is 1.21 bits per heavy atom. The molecule has 7 heteroatoms. The number of rotatable bonds is 6. The van der Waals surface area contributed by atoms with Crippen molar-refractivity contribution in [3.8, 4) is 0 Å². The van der Waals surface area contributed by atoms with E-state index in [1.807, 2.05) is 6.92 Å². The molecule has 1 aromatic carbocycles. The maximum atomic E-state index is 14.4. The van der Waals surface area contributed by atoms with Crippen molar-refractivity contribution in [1.82, 2.24) is 9.80 Å². The van der Waals surface area contributed by atoms with Gasteiger partial charge in [-0.25, -0.2) is 4.39 Å².